The zero-order chi connectivity index (χ0) is 38.3. The summed E-state index contributed by atoms with van der Waals surface area (Å²) in [6.45, 7) is 5.43. The minimum Gasteiger partial charge on any atom is -0.383 e. The van der Waals surface area contributed by atoms with E-state index in [0.29, 0.717) is 11.3 Å². The lowest BCUT2D eigenvalue weighted by molar-refractivity contribution is -0.384. The van der Waals surface area contributed by atoms with Gasteiger partial charge in [-0.3, -0.25) is 10.1 Å². The predicted octanol–water partition coefficient (Wildman–Crippen LogP) is 8.57. The van der Waals surface area contributed by atoms with Gasteiger partial charge in [0.25, 0.3) is 15.7 Å². The number of ether oxygens (including phenoxy) is 1. The van der Waals surface area contributed by atoms with E-state index in [1.54, 1.807) is 31.0 Å². The Kier molecular flexibility index (Phi) is 11.8. The van der Waals surface area contributed by atoms with E-state index in [-0.39, 0.29) is 27.7 Å². The number of anilines is 2. The summed E-state index contributed by atoms with van der Waals surface area (Å²) in [6.07, 6.45) is 2.47. The molecule has 0 aromatic heterocycles. The number of amidine groups is 1. The number of nitro benzene ring substituents is 1. The molecular weight excluding hydrogens is 719 g/mol. The van der Waals surface area contributed by atoms with Gasteiger partial charge < -0.3 is 20.7 Å². The van der Waals surface area contributed by atoms with Crippen molar-refractivity contribution in [3.63, 3.8) is 0 Å². The fourth-order valence-corrected chi connectivity index (χ4v) is 8.65. The van der Waals surface area contributed by atoms with E-state index in [9.17, 15) is 18.5 Å². The second-order valence-corrected chi connectivity index (χ2v) is 16.8. The van der Waals surface area contributed by atoms with E-state index >= 15 is 0 Å². The molecule has 6 rings (SSSR count). The van der Waals surface area contributed by atoms with Gasteiger partial charge in [-0.05, 0) is 91.9 Å². The highest BCUT2D eigenvalue weighted by atomic mass is 32.2. The fourth-order valence-electron chi connectivity index (χ4n) is 6.73. The second kappa shape index (κ2) is 16.5. The van der Waals surface area contributed by atoms with Crippen LogP contribution in [-0.4, -0.2) is 56.3 Å². The van der Waals surface area contributed by atoms with E-state index in [1.165, 1.54) is 28.8 Å². The summed E-state index contributed by atoms with van der Waals surface area (Å²) >= 11 is 1.61. The van der Waals surface area contributed by atoms with Crippen LogP contribution < -0.4 is 16.0 Å². The highest BCUT2D eigenvalue weighted by Gasteiger charge is 2.35. The molecule has 0 atom stereocenters. The number of nitrogens with zero attached hydrogens (tertiary/aromatic N) is 3. The van der Waals surface area contributed by atoms with Crippen molar-refractivity contribution in [1.82, 2.24) is 0 Å². The molecule has 0 spiro atoms. The third kappa shape index (κ3) is 9.30. The fraction of sp³-hybridized carbons (Fsp3) is 0.262. The average molecular weight is 764 g/mol. The number of nitrogens with two attached hydrogens (primary N) is 1. The van der Waals surface area contributed by atoms with Crippen molar-refractivity contribution in [3.8, 4) is 11.1 Å². The molecule has 0 unspecified atom stereocenters. The van der Waals surface area contributed by atoms with Crippen LogP contribution in [0.5, 0.6) is 0 Å². The van der Waals surface area contributed by atoms with Crippen LogP contribution in [0.3, 0.4) is 0 Å². The number of hydrogen-bond donors (Lipinski definition) is 2. The van der Waals surface area contributed by atoms with Crippen molar-refractivity contribution >= 4 is 44.7 Å². The Morgan fingerprint density at radius 3 is 2.20 bits per heavy atom. The van der Waals surface area contributed by atoms with Crippen LogP contribution in [0, 0.1) is 10.1 Å². The summed E-state index contributed by atoms with van der Waals surface area (Å²) in [7, 11) is -2.57. The van der Waals surface area contributed by atoms with Gasteiger partial charge in [0.05, 0.1) is 15.4 Å². The number of nitro groups is 1. The van der Waals surface area contributed by atoms with E-state index in [1.807, 2.05) is 62.4 Å². The average Bonchev–Trinajstić information content (AvgIpc) is 3.18. The number of sulfonamides is 1. The smallest absolute Gasteiger partial charge is 0.293 e. The molecule has 1 fully saturated rings. The van der Waals surface area contributed by atoms with Gasteiger partial charge in [0.2, 0.25) is 0 Å². The van der Waals surface area contributed by atoms with E-state index in [0.717, 1.165) is 49.0 Å². The molecule has 5 aromatic carbocycles. The normalized spacial score (nSPS) is 14.8. The third-order valence-corrected chi connectivity index (χ3v) is 12.5. The first-order chi connectivity index (χ1) is 25.9. The third-order valence-electron chi connectivity index (χ3n) is 9.75. The number of methoxy groups -OCH3 is 1. The Bertz CT molecular complexity index is 2210. The van der Waals surface area contributed by atoms with Gasteiger partial charge in [-0.15, -0.1) is 16.2 Å². The van der Waals surface area contributed by atoms with Crippen LogP contribution in [0.2, 0.25) is 0 Å². The van der Waals surface area contributed by atoms with Gasteiger partial charge in [-0.25, -0.2) is 0 Å². The molecule has 0 amide bonds. The summed E-state index contributed by atoms with van der Waals surface area (Å²) in [5.41, 5.74) is 10.3. The van der Waals surface area contributed by atoms with Crippen LogP contribution >= 0.6 is 11.8 Å². The van der Waals surface area contributed by atoms with Crippen LogP contribution in [-0.2, 0) is 21.2 Å². The molecule has 280 valence electrons. The molecule has 54 heavy (non-hydrogen) atoms. The van der Waals surface area contributed by atoms with Crippen LogP contribution in [0.15, 0.2) is 142 Å². The van der Waals surface area contributed by atoms with E-state index in [2.05, 4.69) is 63.1 Å². The highest BCUT2D eigenvalue weighted by Crippen LogP contribution is 2.36. The molecule has 10 nitrogen and oxygen atoms in total. The quantitative estimate of drug-likeness (QED) is 0.0374. The van der Waals surface area contributed by atoms with Crippen LogP contribution in [0.4, 0.5) is 17.1 Å². The number of rotatable bonds is 14. The van der Waals surface area contributed by atoms with Crippen molar-refractivity contribution in [1.29, 1.82) is 0 Å². The molecule has 0 aliphatic carbocycles. The van der Waals surface area contributed by atoms with Gasteiger partial charge in [0, 0.05) is 60.1 Å². The maximum atomic E-state index is 13.3. The van der Waals surface area contributed by atoms with E-state index < -0.39 is 20.5 Å². The molecule has 0 bridgehead atoms. The molecule has 1 heterocycles. The number of nitrogens with one attached hydrogen (secondary N) is 1. The summed E-state index contributed by atoms with van der Waals surface area (Å²) in [6, 6.07) is 39.8. The lowest BCUT2D eigenvalue weighted by Crippen LogP contribution is -2.47. The minimum absolute atomic E-state index is 0.209. The Morgan fingerprint density at radius 2 is 1.56 bits per heavy atom. The van der Waals surface area contributed by atoms with Crippen molar-refractivity contribution in [2.75, 3.05) is 36.2 Å². The van der Waals surface area contributed by atoms with Crippen molar-refractivity contribution in [3.05, 3.63) is 149 Å². The standard InChI is InChI=1S/C42H45N5O5S2/c1-41(2,30-53-35-15-8-5-9-16-35)44-38-23-22-36(28-39(38)47(48)49)54(50,51)45-40(43)32-18-20-34(21-19-32)46-26-24-42(52-3,25-27-46)29-33-14-10-11-17-37(33)31-12-6-4-7-13-31/h4-23,28,44H,24-27,29-30H2,1-3H3,(H2,43,45). The summed E-state index contributed by atoms with van der Waals surface area (Å²) in [5.74, 6) is 0.406. The number of hydrogen-bond acceptors (Lipinski definition) is 8. The summed E-state index contributed by atoms with van der Waals surface area (Å²) in [5, 5.41) is 15.3. The van der Waals surface area contributed by atoms with Gasteiger partial charge in [0.1, 0.15) is 11.5 Å². The number of piperidine rings is 1. The molecule has 1 aliphatic rings. The topological polar surface area (TPSA) is 140 Å². The highest BCUT2D eigenvalue weighted by molar-refractivity contribution is 7.99. The Hall–Kier alpha value is -5.17. The first kappa shape index (κ1) is 38.6. The Balaban J connectivity index is 1.11. The lowest BCUT2D eigenvalue weighted by atomic mass is 9.82. The second-order valence-electron chi connectivity index (χ2n) is 14.1. The molecular formula is C42H45N5O5S2. The molecule has 0 saturated carbocycles. The minimum atomic E-state index is -4.36. The maximum absolute atomic E-state index is 13.3. The Labute approximate surface area is 321 Å². The van der Waals surface area contributed by atoms with Crippen molar-refractivity contribution < 1.29 is 18.1 Å². The first-order valence-corrected chi connectivity index (χ1v) is 20.2. The van der Waals surface area contributed by atoms with Gasteiger partial charge in [-0.1, -0.05) is 72.8 Å². The van der Waals surface area contributed by atoms with Crippen LogP contribution in [0.25, 0.3) is 11.1 Å². The van der Waals surface area contributed by atoms with Crippen molar-refractivity contribution in [2.45, 2.75) is 54.0 Å². The predicted molar refractivity (Wildman–Crippen MR) is 219 cm³/mol. The Morgan fingerprint density at radius 1 is 0.926 bits per heavy atom. The molecule has 3 N–H and O–H groups in total. The monoisotopic (exact) mass is 763 g/mol. The maximum Gasteiger partial charge on any atom is 0.293 e. The summed E-state index contributed by atoms with van der Waals surface area (Å²) < 4.78 is 36.8. The van der Waals surface area contributed by atoms with Crippen LogP contribution in [0.1, 0.15) is 37.8 Å². The lowest BCUT2D eigenvalue weighted by Gasteiger charge is -2.42. The zero-order valence-corrected chi connectivity index (χ0v) is 32.3. The first-order valence-electron chi connectivity index (χ1n) is 17.8. The van der Waals surface area contributed by atoms with Gasteiger partial charge in [-0.2, -0.15) is 8.42 Å². The summed E-state index contributed by atoms with van der Waals surface area (Å²) in [4.78, 5) is 14.5. The molecule has 5 aromatic rings. The van der Waals surface area contributed by atoms with E-state index in [4.69, 9.17) is 10.5 Å². The molecule has 12 heteroatoms. The molecule has 0 radical (unpaired) electrons. The number of benzene rings is 5. The molecule has 1 aliphatic heterocycles. The molecule has 1 saturated heterocycles. The number of thioether (sulfide) groups is 1. The zero-order valence-electron chi connectivity index (χ0n) is 30.6. The van der Waals surface area contributed by atoms with Gasteiger partial charge >= 0.3 is 0 Å². The largest absolute Gasteiger partial charge is 0.383 e. The van der Waals surface area contributed by atoms with Crippen molar-refractivity contribution in [2.24, 2.45) is 10.1 Å². The SMILES string of the molecule is COC1(Cc2ccccc2-c2ccccc2)CCN(c2ccc(C(N)=NS(=O)(=O)c3ccc(NC(C)(C)CSc4ccccc4)c([N+](=O)[O-])c3)cc2)CC1. The van der Waals surface area contributed by atoms with Gasteiger partial charge in [0.15, 0.2) is 0 Å².